The van der Waals surface area contributed by atoms with E-state index in [1.165, 1.54) is 6.42 Å². The van der Waals surface area contributed by atoms with E-state index in [4.69, 9.17) is 23.7 Å². The van der Waals surface area contributed by atoms with Gasteiger partial charge in [-0.05, 0) is 84.2 Å². The van der Waals surface area contributed by atoms with Crippen molar-refractivity contribution in [1.82, 2.24) is 0 Å². The number of methoxy groups -OCH3 is 3. The molecule has 6 heteroatoms. The summed E-state index contributed by atoms with van der Waals surface area (Å²) in [4.78, 5) is 13.3. The summed E-state index contributed by atoms with van der Waals surface area (Å²) in [6.45, 7) is 4.68. The van der Waals surface area contributed by atoms with Crippen molar-refractivity contribution in [3.63, 3.8) is 0 Å². The zero-order chi connectivity index (χ0) is 29.0. The largest absolute Gasteiger partial charge is 0.497 e. The van der Waals surface area contributed by atoms with Gasteiger partial charge >= 0.3 is 5.97 Å². The van der Waals surface area contributed by atoms with Crippen molar-refractivity contribution in [2.75, 3.05) is 27.9 Å². The Labute approximate surface area is 243 Å². The fourth-order valence-corrected chi connectivity index (χ4v) is 6.39. The maximum Gasteiger partial charge on any atom is 0.310 e. The van der Waals surface area contributed by atoms with Crippen LogP contribution in [0.15, 0.2) is 72.8 Å². The summed E-state index contributed by atoms with van der Waals surface area (Å²) < 4.78 is 29.5. The lowest BCUT2D eigenvalue weighted by Gasteiger charge is -2.36. The van der Waals surface area contributed by atoms with E-state index in [0.717, 1.165) is 59.6 Å². The molecule has 2 atom stereocenters. The minimum absolute atomic E-state index is 0.0349. The van der Waals surface area contributed by atoms with Crippen LogP contribution in [0.3, 0.4) is 0 Å². The first-order valence-corrected chi connectivity index (χ1v) is 14.6. The molecule has 3 aromatic carbocycles. The van der Waals surface area contributed by atoms with Gasteiger partial charge in [-0.2, -0.15) is 0 Å². The number of carbonyl (C=O) groups excluding carboxylic acids is 1. The van der Waals surface area contributed by atoms with Gasteiger partial charge in [0.25, 0.3) is 0 Å². The summed E-state index contributed by atoms with van der Waals surface area (Å²) in [5.74, 6) is 2.06. The third-order valence-corrected chi connectivity index (χ3v) is 9.11. The Balaban J connectivity index is 1.51. The lowest BCUT2D eigenvalue weighted by Crippen LogP contribution is -2.34. The van der Waals surface area contributed by atoms with Crippen LogP contribution in [0.25, 0.3) is 0 Å². The molecule has 2 saturated carbocycles. The summed E-state index contributed by atoms with van der Waals surface area (Å²) >= 11 is 0. The Morgan fingerprint density at radius 2 is 1.12 bits per heavy atom. The molecule has 2 aliphatic carbocycles. The van der Waals surface area contributed by atoms with Crippen LogP contribution in [0.4, 0.5) is 0 Å². The summed E-state index contributed by atoms with van der Waals surface area (Å²) in [5, 5.41) is 0. The molecule has 0 heterocycles. The van der Waals surface area contributed by atoms with E-state index in [1.54, 1.807) is 21.3 Å². The van der Waals surface area contributed by atoms with Crippen molar-refractivity contribution in [3.8, 4) is 17.2 Å². The number of benzene rings is 3. The first kappa shape index (κ1) is 29.0. The van der Waals surface area contributed by atoms with E-state index in [2.05, 4.69) is 13.8 Å². The average Bonchev–Trinajstić information content (AvgIpc) is 3.58. The Morgan fingerprint density at radius 1 is 0.707 bits per heavy atom. The van der Waals surface area contributed by atoms with Gasteiger partial charge in [0.1, 0.15) is 29.0 Å². The van der Waals surface area contributed by atoms with E-state index >= 15 is 0 Å². The second-order valence-electron chi connectivity index (χ2n) is 11.8. The molecule has 5 rings (SSSR count). The molecule has 41 heavy (non-hydrogen) atoms. The summed E-state index contributed by atoms with van der Waals surface area (Å²) in [5.41, 5.74) is 1.69. The number of hydrogen-bond acceptors (Lipinski definition) is 6. The first-order chi connectivity index (χ1) is 19.8. The molecule has 0 N–H and O–H groups in total. The summed E-state index contributed by atoms with van der Waals surface area (Å²) in [6, 6.07) is 24.0. The van der Waals surface area contributed by atoms with Crippen LogP contribution < -0.4 is 14.2 Å². The van der Waals surface area contributed by atoms with E-state index in [-0.39, 0.29) is 29.3 Å². The van der Waals surface area contributed by atoms with Crippen LogP contribution in [0.2, 0.25) is 0 Å². The summed E-state index contributed by atoms with van der Waals surface area (Å²) in [7, 11) is 4.98. The lowest BCUT2D eigenvalue weighted by molar-refractivity contribution is -0.153. The van der Waals surface area contributed by atoms with Crippen molar-refractivity contribution < 1.29 is 28.5 Å². The van der Waals surface area contributed by atoms with Gasteiger partial charge < -0.3 is 23.7 Å². The van der Waals surface area contributed by atoms with Gasteiger partial charge in [-0.15, -0.1) is 0 Å². The molecule has 3 aromatic rings. The van der Waals surface area contributed by atoms with Gasteiger partial charge in [-0.3, -0.25) is 4.79 Å². The molecule has 2 aliphatic rings. The minimum atomic E-state index is -0.957. The fourth-order valence-electron chi connectivity index (χ4n) is 6.39. The van der Waals surface area contributed by atoms with Crippen LogP contribution in [-0.4, -0.2) is 40.0 Å². The zero-order valence-corrected chi connectivity index (χ0v) is 24.9. The van der Waals surface area contributed by atoms with Gasteiger partial charge in [-0.1, -0.05) is 56.7 Å². The highest BCUT2D eigenvalue weighted by Crippen LogP contribution is 2.60. The Morgan fingerprint density at radius 3 is 1.51 bits per heavy atom. The molecule has 0 bridgehead atoms. The van der Waals surface area contributed by atoms with Crippen LogP contribution in [0.1, 0.15) is 62.6 Å². The third kappa shape index (κ3) is 5.80. The monoisotopic (exact) mass is 558 g/mol. The van der Waals surface area contributed by atoms with Crippen molar-refractivity contribution in [2.24, 2.45) is 17.3 Å². The Hall–Kier alpha value is -3.51. The molecule has 0 saturated heterocycles. The van der Waals surface area contributed by atoms with Crippen molar-refractivity contribution in [1.29, 1.82) is 0 Å². The number of hydrogen-bond donors (Lipinski definition) is 0. The van der Waals surface area contributed by atoms with Crippen molar-refractivity contribution in [3.05, 3.63) is 89.5 Å². The molecule has 0 aliphatic heterocycles. The van der Waals surface area contributed by atoms with Crippen molar-refractivity contribution in [2.45, 2.75) is 57.7 Å². The van der Waals surface area contributed by atoms with Crippen LogP contribution in [0.5, 0.6) is 17.2 Å². The van der Waals surface area contributed by atoms with Gasteiger partial charge in [0.05, 0.1) is 33.9 Å². The van der Waals surface area contributed by atoms with Gasteiger partial charge in [0.2, 0.25) is 0 Å². The smallest absolute Gasteiger partial charge is 0.310 e. The standard InChI is InChI=1S/C35H42O6/c1-34(2)31(32(34)33(36)41-30-9-7-6-8-10-30)23-40-35(24-11-17-27(37-3)18-12-24,25-13-19-28(38-4)20-14-25)26-15-21-29(39-5)22-16-26/h11-22,30-32H,6-10,23H2,1-5H3. The number of esters is 1. The van der Waals surface area contributed by atoms with E-state index in [9.17, 15) is 4.79 Å². The molecule has 6 nitrogen and oxygen atoms in total. The molecule has 0 spiro atoms. The van der Waals surface area contributed by atoms with E-state index in [1.807, 2.05) is 72.8 Å². The number of ether oxygens (including phenoxy) is 5. The third-order valence-electron chi connectivity index (χ3n) is 9.11. The second kappa shape index (κ2) is 12.2. The quantitative estimate of drug-likeness (QED) is 0.184. The molecule has 0 amide bonds. The first-order valence-electron chi connectivity index (χ1n) is 14.6. The summed E-state index contributed by atoms with van der Waals surface area (Å²) in [6.07, 6.45) is 5.47. The SMILES string of the molecule is COc1ccc(C(OCC2C(C(=O)OC3CCCCC3)C2(C)C)(c2ccc(OC)cc2)c2ccc(OC)cc2)cc1. The maximum atomic E-state index is 13.3. The predicted molar refractivity (Wildman–Crippen MR) is 159 cm³/mol. The highest BCUT2D eigenvalue weighted by molar-refractivity contribution is 5.78. The van der Waals surface area contributed by atoms with E-state index < -0.39 is 5.60 Å². The van der Waals surface area contributed by atoms with E-state index in [0.29, 0.717) is 6.61 Å². The highest BCUT2D eigenvalue weighted by Gasteiger charge is 2.63. The lowest BCUT2D eigenvalue weighted by atomic mass is 9.80. The zero-order valence-electron chi connectivity index (χ0n) is 24.9. The molecular formula is C35H42O6. The maximum absolute atomic E-state index is 13.3. The molecule has 218 valence electrons. The van der Waals surface area contributed by atoms with Crippen LogP contribution >= 0.6 is 0 Å². The highest BCUT2D eigenvalue weighted by atomic mass is 16.5. The van der Waals surface area contributed by atoms with Gasteiger partial charge in [-0.25, -0.2) is 0 Å². The van der Waals surface area contributed by atoms with Crippen LogP contribution in [0, 0.1) is 17.3 Å². The normalized spacial score (nSPS) is 20.2. The molecule has 0 radical (unpaired) electrons. The predicted octanol–water partition coefficient (Wildman–Crippen LogP) is 7.17. The molecule has 2 fully saturated rings. The van der Waals surface area contributed by atoms with Crippen LogP contribution in [-0.2, 0) is 19.9 Å². The molecule has 0 aromatic heterocycles. The second-order valence-corrected chi connectivity index (χ2v) is 11.8. The Bertz CT molecular complexity index is 1170. The Kier molecular flexibility index (Phi) is 8.60. The fraction of sp³-hybridized carbons (Fsp3) is 0.457. The molecular weight excluding hydrogens is 516 g/mol. The average molecular weight is 559 g/mol. The number of carbonyl (C=O) groups is 1. The number of rotatable bonds is 11. The van der Waals surface area contributed by atoms with Gasteiger partial charge in [0, 0.05) is 5.92 Å². The minimum Gasteiger partial charge on any atom is -0.497 e. The molecule has 2 unspecified atom stereocenters. The van der Waals surface area contributed by atoms with Crippen molar-refractivity contribution >= 4 is 5.97 Å². The topological polar surface area (TPSA) is 63.2 Å². The van der Waals surface area contributed by atoms with Gasteiger partial charge in [0.15, 0.2) is 0 Å².